The summed E-state index contributed by atoms with van der Waals surface area (Å²) in [6, 6.07) is 0. The van der Waals surface area contributed by atoms with Crippen molar-refractivity contribution in [2.75, 3.05) is 0 Å². The van der Waals surface area contributed by atoms with Crippen LogP contribution in [-0.2, 0) is 19.1 Å². The Bertz CT molecular complexity index is 262. The highest BCUT2D eigenvalue weighted by Crippen LogP contribution is 2.23. The Kier molecular flexibility index (Phi) is 2.87. The van der Waals surface area contributed by atoms with Crippen LogP contribution in [0.1, 0.15) is 6.92 Å². The van der Waals surface area contributed by atoms with Crippen LogP contribution in [0, 0.1) is 0 Å². The molecule has 6 heteroatoms. The van der Waals surface area contributed by atoms with Gasteiger partial charge in [-0.25, -0.2) is 9.59 Å². The van der Waals surface area contributed by atoms with E-state index in [1.54, 1.807) is 6.92 Å². The third kappa shape index (κ3) is 1.91. The maximum absolute atomic E-state index is 10.6. The molecule has 0 spiro atoms. The average molecular weight is 202 g/mol. The molecular weight excluding hydrogens is 192 g/mol. The number of aliphatic carboxylic acids is 2. The first-order valence-electron chi connectivity index (χ1n) is 3.85. The molecule has 6 nitrogen and oxygen atoms in total. The third-order valence-electron chi connectivity index (χ3n) is 1.70. The van der Waals surface area contributed by atoms with E-state index in [-0.39, 0.29) is 0 Å². The fraction of sp³-hybridized carbons (Fsp3) is 0.500. The van der Waals surface area contributed by atoms with Crippen molar-refractivity contribution >= 4 is 11.9 Å². The lowest BCUT2D eigenvalue weighted by atomic mass is 10.2. The fourth-order valence-electron chi connectivity index (χ4n) is 1.05. The molecule has 0 aliphatic carbocycles. The molecule has 1 aliphatic rings. The van der Waals surface area contributed by atoms with Crippen LogP contribution in [0.5, 0.6) is 0 Å². The third-order valence-corrected chi connectivity index (χ3v) is 1.70. The smallest absolute Gasteiger partial charge is 0.336 e. The molecular formula is C8H10O6. The molecule has 0 bridgehead atoms. The highest BCUT2D eigenvalue weighted by Gasteiger charge is 2.45. The predicted octanol–water partition coefficient (Wildman–Crippen LogP) is -0.158. The molecule has 14 heavy (non-hydrogen) atoms. The van der Waals surface area contributed by atoms with E-state index >= 15 is 0 Å². The van der Waals surface area contributed by atoms with Crippen molar-refractivity contribution in [1.29, 1.82) is 0 Å². The lowest BCUT2D eigenvalue weighted by Gasteiger charge is -2.07. The molecule has 0 amide bonds. The van der Waals surface area contributed by atoms with Crippen LogP contribution < -0.4 is 0 Å². The molecule has 1 fully saturated rings. The maximum Gasteiger partial charge on any atom is 0.336 e. The zero-order valence-corrected chi connectivity index (χ0v) is 7.47. The zero-order chi connectivity index (χ0) is 10.9. The van der Waals surface area contributed by atoms with Crippen LogP contribution in [0.4, 0.5) is 0 Å². The number of carboxylic acid groups (broad SMARTS) is 2. The summed E-state index contributed by atoms with van der Waals surface area (Å²) in [5.74, 6) is -2.72. The Labute approximate surface area is 79.7 Å². The molecule has 2 N–H and O–H groups in total. The molecule has 0 radical (unpaired) electrons. The number of carbonyl (C=O) groups is 2. The summed E-state index contributed by atoms with van der Waals surface area (Å²) in [4.78, 5) is 21.2. The molecule has 1 saturated heterocycles. The minimum absolute atomic E-state index is 0.431. The van der Waals surface area contributed by atoms with E-state index in [1.165, 1.54) is 0 Å². The molecule has 2 atom stereocenters. The first-order valence-corrected chi connectivity index (χ1v) is 3.85. The van der Waals surface area contributed by atoms with Crippen molar-refractivity contribution < 1.29 is 29.3 Å². The Morgan fingerprint density at radius 2 is 1.50 bits per heavy atom. The Morgan fingerprint density at radius 1 is 1.14 bits per heavy atom. The lowest BCUT2D eigenvalue weighted by molar-refractivity contribution is -0.156. The second-order valence-corrected chi connectivity index (χ2v) is 2.97. The Balaban J connectivity index is 2.80. The number of carboxylic acids is 2. The van der Waals surface area contributed by atoms with Crippen molar-refractivity contribution in [3.8, 4) is 0 Å². The average Bonchev–Trinajstić information content (AvgIpc) is 2.47. The summed E-state index contributed by atoms with van der Waals surface area (Å²) in [5, 5.41) is 17.3. The summed E-state index contributed by atoms with van der Waals surface area (Å²) in [6.45, 7) is 5.05. The standard InChI is InChI=1S/C8H10O6/c1-3(2)8-13-4(6(9)10)5(14-8)7(11)12/h4-5,8H,1H2,2H3,(H,9,10)(H,11,12)/t4-,5-/m1/s1. The summed E-state index contributed by atoms with van der Waals surface area (Å²) in [6.07, 6.45) is -3.92. The molecule has 1 aliphatic heterocycles. The van der Waals surface area contributed by atoms with Gasteiger partial charge >= 0.3 is 11.9 Å². The summed E-state index contributed by atoms with van der Waals surface area (Å²) >= 11 is 0. The Hall–Kier alpha value is -1.40. The molecule has 1 rings (SSSR count). The SMILES string of the molecule is C=C(C)C1O[C@@H](C(=O)O)[C@H](C(=O)O)O1. The highest BCUT2D eigenvalue weighted by molar-refractivity contribution is 5.84. The van der Waals surface area contributed by atoms with Crippen LogP contribution in [-0.4, -0.2) is 40.6 Å². The van der Waals surface area contributed by atoms with E-state index in [2.05, 4.69) is 6.58 Å². The van der Waals surface area contributed by atoms with E-state index in [0.29, 0.717) is 5.57 Å². The zero-order valence-electron chi connectivity index (χ0n) is 7.47. The molecule has 0 saturated carbocycles. The van der Waals surface area contributed by atoms with Gasteiger partial charge in [0.2, 0.25) is 0 Å². The topological polar surface area (TPSA) is 93.1 Å². The van der Waals surface area contributed by atoms with Crippen molar-refractivity contribution in [3.63, 3.8) is 0 Å². The van der Waals surface area contributed by atoms with Gasteiger partial charge in [0.1, 0.15) is 0 Å². The molecule has 78 valence electrons. The minimum Gasteiger partial charge on any atom is -0.479 e. The summed E-state index contributed by atoms with van der Waals surface area (Å²) in [5.41, 5.74) is 0.431. The van der Waals surface area contributed by atoms with Crippen molar-refractivity contribution in [3.05, 3.63) is 12.2 Å². The van der Waals surface area contributed by atoms with Gasteiger partial charge in [-0.1, -0.05) is 6.58 Å². The van der Waals surface area contributed by atoms with Crippen LogP contribution in [0.15, 0.2) is 12.2 Å². The second-order valence-electron chi connectivity index (χ2n) is 2.97. The first-order chi connectivity index (χ1) is 6.43. The second kappa shape index (κ2) is 3.77. The van der Waals surface area contributed by atoms with Gasteiger partial charge in [-0.15, -0.1) is 0 Å². The normalized spacial score (nSPS) is 27.5. The number of rotatable bonds is 3. The van der Waals surface area contributed by atoms with Gasteiger partial charge in [-0.05, 0) is 12.5 Å². The number of hydrogen-bond donors (Lipinski definition) is 2. The van der Waals surface area contributed by atoms with Gasteiger partial charge in [0.25, 0.3) is 0 Å². The van der Waals surface area contributed by atoms with E-state index in [9.17, 15) is 9.59 Å². The number of ether oxygens (including phenoxy) is 2. The van der Waals surface area contributed by atoms with E-state index < -0.39 is 30.4 Å². The first kappa shape index (κ1) is 10.7. The predicted molar refractivity (Wildman–Crippen MR) is 43.6 cm³/mol. The fourth-order valence-corrected chi connectivity index (χ4v) is 1.05. The minimum atomic E-state index is -1.48. The van der Waals surface area contributed by atoms with Gasteiger partial charge in [0.15, 0.2) is 18.5 Å². The molecule has 0 aromatic heterocycles. The molecule has 0 unspecified atom stereocenters. The summed E-state index contributed by atoms with van der Waals surface area (Å²) < 4.78 is 9.71. The van der Waals surface area contributed by atoms with Crippen LogP contribution in [0.3, 0.4) is 0 Å². The Morgan fingerprint density at radius 3 is 1.71 bits per heavy atom. The largest absolute Gasteiger partial charge is 0.479 e. The lowest BCUT2D eigenvalue weighted by Crippen LogP contribution is -2.36. The van der Waals surface area contributed by atoms with Crippen molar-refractivity contribution in [2.24, 2.45) is 0 Å². The van der Waals surface area contributed by atoms with Gasteiger partial charge in [-0.3, -0.25) is 0 Å². The van der Waals surface area contributed by atoms with Crippen molar-refractivity contribution in [2.45, 2.75) is 25.4 Å². The van der Waals surface area contributed by atoms with Gasteiger partial charge < -0.3 is 19.7 Å². The van der Waals surface area contributed by atoms with E-state index in [0.717, 1.165) is 0 Å². The molecule has 0 aromatic carbocycles. The monoisotopic (exact) mass is 202 g/mol. The molecule has 0 aromatic rings. The molecule has 1 heterocycles. The highest BCUT2D eigenvalue weighted by atomic mass is 16.7. The maximum atomic E-state index is 10.6. The van der Waals surface area contributed by atoms with Crippen LogP contribution in [0.25, 0.3) is 0 Å². The quantitative estimate of drug-likeness (QED) is 0.618. The van der Waals surface area contributed by atoms with Crippen LogP contribution >= 0.6 is 0 Å². The van der Waals surface area contributed by atoms with Crippen molar-refractivity contribution in [1.82, 2.24) is 0 Å². The number of hydrogen-bond acceptors (Lipinski definition) is 4. The summed E-state index contributed by atoms with van der Waals surface area (Å²) in [7, 11) is 0. The van der Waals surface area contributed by atoms with E-state index in [4.69, 9.17) is 19.7 Å². The van der Waals surface area contributed by atoms with Gasteiger partial charge in [0.05, 0.1) is 0 Å². The van der Waals surface area contributed by atoms with Crippen LogP contribution in [0.2, 0.25) is 0 Å². The van der Waals surface area contributed by atoms with E-state index in [1.807, 2.05) is 0 Å². The van der Waals surface area contributed by atoms with Gasteiger partial charge in [-0.2, -0.15) is 0 Å². The van der Waals surface area contributed by atoms with Gasteiger partial charge in [0, 0.05) is 0 Å².